The van der Waals surface area contributed by atoms with Gasteiger partial charge in [0.2, 0.25) is 5.91 Å². The smallest absolute Gasteiger partial charge is 0.408 e. The second kappa shape index (κ2) is 11.1. The Morgan fingerprint density at radius 1 is 0.830 bits per heavy atom. The molecule has 0 saturated heterocycles. The Morgan fingerprint density at radius 2 is 1.49 bits per heavy atom. The van der Waals surface area contributed by atoms with Crippen LogP contribution >= 0.6 is 0 Å². The molecule has 6 aliphatic rings. The van der Waals surface area contributed by atoms with Gasteiger partial charge in [0.05, 0.1) is 11.6 Å². The molecule has 0 aromatic rings. The maximum Gasteiger partial charge on any atom is 0.408 e. The number of ether oxygens (including phenoxy) is 1. The first-order chi connectivity index (χ1) is 21.7. The number of amides is 2. The summed E-state index contributed by atoms with van der Waals surface area (Å²) in [5.74, 6) is 1.39. The van der Waals surface area contributed by atoms with E-state index in [4.69, 9.17) is 4.74 Å². The number of hydrogen-bond acceptors (Lipinski definition) is 5. The van der Waals surface area contributed by atoms with Gasteiger partial charge >= 0.3 is 6.09 Å². The van der Waals surface area contributed by atoms with E-state index in [1.54, 1.807) is 0 Å². The van der Waals surface area contributed by atoms with Crippen LogP contribution < -0.4 is 10.6 Å². The summed E-state index contributed by atoms with van der Waals surface area (Å²) in [6.07, 6.45) is 10.5. The minimum atomic E-state index is -1.03. The van der Waals surface area contributed by atoms with Crippen LogP contribution in [0.25, 0.3) is 0 Å². The van der Waals surface area contributed by atoms with E-state index in [-0.39, 0.29) is 51.3 Å². The summed E-state index contributed by atoms with van der Waals surface area (Å²) in [5.41, 5.74) is -0.0409. The molecule has 264 valence electrons. The molecule has 0 aliphatic heterocycles. The van der Waals surface area contributed by atoms with Gasteiger partial charge in [-0.15, -0.1) is 0 Å². The predicted molar refractivity (Wildman–Crippen MR) is 184 cm³/mol. The van der Waals surface area contributed by atoms with Crippen LogP contribution in [-0.4, -0.2) is 45.7 Å². The minimum Gasteiger partial charge on any atom is -0.444 e. The first kappa shape index (κ1) is 35.0. The van der Waals surface area contributed by atoms with E-state index in [1.165, 1.54) is 5.57 Å². The topological polar surface area (TPSA) is 105 Å². The van der Waals surface area contributed by atoms with Crippen LogP contribution in [0.1, 0.15) is 153 Å². The number of ketones is 1. The van der Waals surface area contributed by atoms with E-state index in [0.29, 0.717) is 31.1 Å². The lowest BCUT2D eigenvalue weighted by molar-refractivity contribution is -0.227. The van der Waals surface area contributed by atoms with Gasteiger partial charge in [0.1, 0.15) is 11.1 Å². The second-order valence-electron chi connectivity index (χ2n) is 19.5. The maximum atomic E-state index is 14.5. The third-order valence-electron chi connectivity index (χ3n) is 15.4. The highest BCUT2D eigenvalue weighted by Gasteiger charge is 2.70. The van der Waals surface area contributed by atoms with Crippen molar-refractivity contribution in [3.63, 3.8) is 0 Å². The van der Waals surface area contributed by atoms with Crippen molar-refractivity contribution in [3.05, 3.63) is 11.1 Å². The maximum absolute atomic E-state index is 14.5. The molecule has 6 aliphatic carbocycles. The van der Waals surface area contributed by atoms with E-state index in [1.807, 2.05) is 20.8 Å². The fraction of sp³-hybridized carbons (Fsp3) is 0.875. The summed E-state index contributed by atoms with van der Waals surface area (Å²) in [4.78, 5) is 41.6. The summed E-state index contributed by atoms with van der Waals surface area (Å²) in [6.45, 7) is 22.0. The molecule has 7 nitrogen and oxygen atoms in total. The molecule has 0 unspecified atom stereocenters. The Balaban J connectivity index is 1.36. The van der Waals surface area contributed by atoms with Crippen molar-refractivity contribution in [2.45, 2.75) is 175 Å². The zero-order chi connectivity index (χ0) is 34.6. The zero-order valence-corrected chi connectivity index (χ0v) is 31.2. The van der Waals surface area contributed by atoms with Crippen molar-refractivity contribution in [1.82, 2.24) is 10.6 Å². The van der Waals surface area contributed by atoms with Crippen LogP contribution in [0.5, 0.6) is 0 Å². The van der Waals surface area contributed by atoms with E-state index in [2.05, 4.69) is 59.1 Å². The number of aliphatic hydroxyl groups excluding tert-OH is 1. The van der Waals surface area contributed by atoms with Crippen LogP contribution in [0, 0.1) is 45.3 Å². The average Bonchev–Trinajstić information content (AvgIpc) is 3.53. The number of carbonyl (C=O) groups excluding carboxylic acids is 3. The number of aliphatic hydroxyl groups is 1. The molecule has 47 heavy (non-hydrogen) atoms. The molecular weight excluding hydrogens is 588 g/mol. The third-order valence-corrected chi connectivity index (χ3v) is 15.4. The summed E-state index contributed by atoms with van der Waals surface area (Å²) in [6, 6.07) is 0. The van der Waals surface area contributed by atoms with E-state index >= 15 is 0 Å². The van der Waals surface area contributed by atoms with Crippen LogP contribution in [0.3, 0.4) is 0 Å². The van der Waals surface area contributed by atoms with Crippen LogP contribution in [-0.2, 0) is 14.3 Å². The highest BCUT2D eigenvalue weighted by molar-refractivity contribution is 6.03. The summed E-state index contributed by atoms with van der Waals surface area (Å²) in [5, 5.41) is 17.7. The summed E-state index contributed by atoms with van der Waals surface area (Å²) < 4.78 is 5.62. The first-order valence-electron chi connectivity index (χ1n) is 19.0. The molecule has 7 heteroatoms. The van der Waals surface area contributed by atoms with Crippen LogP contribution in [0.15, 0.2) is 11.1 Å². The number of nitrogens with one attached hydrogen (secondary N) is 2. The monoisotopic (exact) mass is 652 g/mol. The average molecular weight is 653 g/mol. The number of rotatable bonds is 4. The molecule has 5 fully saturated rings. The number of hydrogen-bond donors (Lipinski definition) is 3. The summed E-state index contributed by atoms with van der Waals surface area (Å²) in [7, 11) is 0. The molecule has 0 radical (unpaired) electrons. The second-order valence-corrected chi connectivity index (χ2v) is 19.5. The molecule has 8 atom stereocenters. The summed E-state index contributed by atoms with van der Waals surface area (Å²) >= 11 is 0. The fourth-order valence-electron chi connectivity index (χ4n) is 13.0. The molecule has 0 heterocycles. The SMILES string of the molecule is CC(C)C1=C2[C@H]3CC[C@@H]4[C@@]5(C)CC[C@H](O)C(C)(C)[C@@H]5CC[C@@]4(C)[C@]3(C)CC[C@@]2(NC(=O)C2(NC(=O)OC(C)(C)C)CCCC2)CC1=O. The lowest BCUT2D eigenvalue weighted by atomic mass is 9.33. The minimum absolute atomic E-state index is 0.00175. The van der Waals surface area contributed by atoms with Gasteiger partial charge in [-0.1, -0.05) is 61.3 Å². The van der Waals surface area contributed by atoms with Crippen LogP contribution in [0.2, 0.25) is 0 Å². The number of allylic oxidation sites excluding steroid dienone is 1. The van der Waals surface area contributed by atoms with Gasteiger partial charge in [-0.25, -0.2) is 4.79 Å². The van der Waals surface area contributed by atoms with Crippen molar-refractivity contribution >= 4 is 17.8 Å². The van der Waals surface area contributed by atoms with E-state index in [0.717, 1.165) is 69.8 Å². The quantitative estimate of drug-likeness (QED) is 0.285. The fourth-order valence-corrected chi connectivity index (χ4v) is 13.0. The van der Waals surface area contributed by atoms with Gasteiger partial charge in [-0.2, -0.15) is 0 Å². The van der Waals surface area contributed by atoms with Gasteiger partial charge in [-0.3, -0.25) is 9.59 Å². The molecule has 3 N–H and O–H groups in total. The van der Waals surface area contributed by atoms with Gasteiger partial charge in [0.25, 0.3) is 0 Å². The number of fused-ring (bicyclic) bond motifs is 7. The molecule has 0 bridgehead atoms. The Kier molecular flexibility index (Phi) is 8.22. The van der Waals surface area contributed by atoms with Gasteiger partial charge < -0.3 is 20.5 Å². The lowest BCUT2D eigenvalue weighted by Gasteiger charge is -2.72. The van der Waals surface area contributed by atoms with Crippen molar-refractivity contribution in [2.24, 2.45) is 45.3 Å². The molecular formula is C40H64N2O5. The van der Waals surface area contributed by atoms with E-state index in [9.17, 15) is 19.5 Å². The highest BCUT2D eigenvalue weighted by atomic mass is 16.6. The Hall–Kier alpha value is -1.89. The van der Waals surface area contributed by atoms with Gasteiger partial charge in [0.15, 0.2) is 5.78 Å². The molecule has 0 aromatic heterocycles. The van der Waals surface area contributed by atoms with Crippen LogP contribution in [0.4, 0.5) is 4.79 Å². The van der Waals surface area contributed by atoms with Crippen molar-refractivity contribution < 1.29 is 24.2 Å². The Bertz CT molecular complexity index is 1350. The molecule has 0 aromatic carbocycles. The number of carbonyl (C=O) groups is 3. The third kappa shape index (κ3) is 5.08. The zero-order valence-electron chi connectivity index (χ0n) is 31.2. The molecule has 0 spiro atoms. The largest absolute Gasteiger partial charge is 0.444 e. The van der Waals surface area contributed by atoms with Crippen molar-refractivity contribution in [3.8, 4) is 0 Å². The Morgan fingerprint density at radius 3 is 2.11 bits per heavy atom. The normalized spacial score (nSPS) is 42.3. The number of alkyl carbamates (subject to hydrolysis) is 1. The number of Topliss-reactive ketones (excluding diaryl/α,β-unsaturated/α-hetero) is 1. The highest BCUT2D eigenvalue weighted by Crippen LogP contribution is 2.75. The van der Waals surface area contributed by atoms with Crippen molar-refractivity contribution in [2.75, 3.05) is 0 Å². The van der Waals surface area contributed by atoms with Gasteiger partial charge in [-0.05, 0) is 141 Å². The standard InChI is InChI=1S/C40H64N2O5/c1-24(2)30-26(43)23-40(41-32(45)39(17-11-12-18-39)42-33(46)47-34(3,4)5)22-21-37(9)25(31(30)40)13-14-28-36(8)19-16-29(44)35(6,7)27(36)15-20-38(28,37)10/h24-25,27-29,44H,11-23H2,1-10H3,(H,41,45)(H,42,46)/t25-,27+,28-,29+,36+,37-,38-,40-/m1/s1. The molecule has 5 saturated carbocycles. The first-order valence-corrected chi connectivity index (χ1v) is 19.0. The molecule has 2 amide bonds. The Labute approximate surface area is 284 Å². The van der Waals surface area contributed by atoms with E-state index < -0.39 is 22.8 Å². The lowest BCUT2D eigenvalue weighted by Crippen LogP contribution is -2.68. The predicted octanol–water partition coefficient (Wildman–Crippen LogP) is 8.03. The van der Waals surface area contributed by atoms with Crippen molar-refractivity contribution in [1.29, 1.82) is 0 Å². The van der Waals surface area contributed by atoms with Gasteiger partial charge in [0, 0.05) is 6.42 Å². The molecule has 6 rings (SSSR count).